The zero-order chi connectivity index (χ0) is 12.7. The molecule has 0 unspecified atom stereocenters. The van der Waals surface area contributed by atoms with Gasteiger partial charge in [0, 0.05) is 16.3 Å². The van der Waals surface area contributed by atoms with Gasteiger partial charge in [-0.25, -0.2) is 0 Å². The van der Waals surface area contributed by atoms with Gasteiger partial charge in [0.15, 0.2) is 0 Å². The van der Waals surface area contributed by atoms with Crippen molar-refractivity contribution in [3.05, 3.63) is 35.3 Å². The van der Waals surface area contributed by atoms with Crippen molar-refractivity contribution in [3.63, 3.8) is 0 Å². The second-order valence-corrected chi connectivity index (χ2v) is 4.75. The zero-order valence-corrected chi connectivity index (χ0v) is 11.0. The molecule has 0 radical (unpaired) electrons. The quantitative estimate of drug-likeness (QED) is 0.764. The number of fused-ring (bicyclic) bond motifs is 2. The molecule has 3 rings (SSSR count). The molecule has 1 aromatic carbocycles. The maximum atomic E-state index is 5.84. The van der Waals surface area contributed by atoms with Gasteiger partial charge in [0.25, 0.3) is 0 Å². The number of furan rings is 2. The maximum absolute atomic E-state index is 5.84. The number of hydrogen-bond donors (Lipinski definition) is 1. The fraction of sp³-hybridized carbons (Fsp3) is 0.333. The van der Waals surface area contributed by atoms with Crippen LogP contribution in [-0.2, 0) is 6.42 Å². The third-order valence-corrected chi connectivity index (χ3v) is 3.28. The van der Waals surface area contributed by atoms with Crippen molar-refractivity contribution >= 4 is 21.9 Å². The molecule has 0 bridgehead atoms. The normalized spacial score (nSPS) is 11.7. The number of aryl methyl sites for hydroxylation is 2. The van der Waals surface area contributed by atoms with E-state index in [2.05, 4.69) is 23.5 Å². The molecule has 3 nitrogen and oxygen atoms in total. The molecule has 1 N–H and O–H groups in total. The van der Waals surface area contributed by atoms with Crippen molar-refractivity contribution in [2.24, 2.45) is 0 Å². The standard InChI is InChI=1S/C15H17NO2/c1-9-6-11-8-14-13(7-10(2)17-14)12(4-5-16-3)15(11)18-9/h6-8,16H,4-5H2,1-3H3. The molecule has 0 amide bonds. The average molecular weight is 243 g/mol. The molecule has 0 atom stereocenters. The van der Waals surface area contributed by atoms with Crippen LogP contribution in [0.5, 0.6) is 0 Å². The largest absolute Gasteiger partial charge is 0.461 e. The Morgan fingerprint density at radius 2 is 1.83 bits per heavy atom. The molecule has 94 valence electrons. The van der Waals surface area contributed by atoms with Gasteiger partial charge in [-0.05, 0) is 52.1 Å². The molecule has 0 spiro atoms. The van der Waals surface area contributed by atoms with E-state index in [4.69, 9.17) is 8.83 Å². The van der Waals surface area contributed by atoms with Crippen molar-refractivity contribution < 1.29 is 8.83 Å². The average Bonchev–Trinajstić information content (AvgIpc) is 2.85. The van der Waals surface area contributed by atoms with Crippen molar-refractivity contribution in [2.45, 2.75) is 20.3 Å². The molecule has 0 aliphatic carbocycles. The highest BCUT2D eigenvalue weighted by atomic mass is 16.3. The van der Waals surface area contributed by atoms with Crippen LogP contribution in [0.1, 0.15) is 17.1 Å². The predicted octanol–water partition coefficient (Wildman–Crippen LogP) is 3.56. The third-order valence-electron chi connectivity index (χ3n) is 3.28. The first-order valence-corrected chi connectivity index (χ1v) is 6.26. The Morgan fingerprint density at radius 3 is 2.61 bits per heavy atom. The zero-order valence-electron chi connectivity index (χ0n) is 11.0. The van der Waals surface area contributed by atoms with Crippen molar-refractivity contribution in [3.8, 4) is 0 Å². The Bertz CT molecular complexity index is 651. The van der Waals surface area contributed by atoms with Gasteiger partial charge in [-0.1, -0.05) is 0 Å². The Hall–Kier alpha value is -1.74. The molecule has 3 heteroatoms. The van der Waals surface area contributed by atoms with E-state index in [-0.39, 0.29) is 0 Å². The maximum Gasteiger partial charge on any atom is 0.138 e. The summed E-state index contributed by atoms with van der Waals surface area (Å²) in [5.41, 5.74) is 3.18. The molecular formula is C15H17NO2. The lowest BCUT2D eigenvalue weighted by Crippen LogP contribution is -2.10. The van der Waals surface area contributed by atoms with E-state index >= 15 is 0 Å². The molecule has 0 aliphatic heterocycles. The van der Waals surface area contributed by atoms with Gasteiger partial charge < -0.3 is 14.2 Å². The molecular weight excluding hydrogens is 226 g/mol. The van der Waals surface area contributed by atoms with E-state index in [0.717, 1.165) is 41.0 Å². The van der Waals surface area contributed by atoms with E-state index in [1.54, 1.807) is 0 Å². The Kier molecular flexibility index (Phi) is 2.63. The Labute approximate surface area is 106 Å². The Balaban J connectivity index is 2.32. The van der Waals surface area contributed by atoms with Crippen LogP contribution < -0.4 is 5.32 Å². The van der Waals surface area contributed by atoms with Crippen molar-refractivity contribution in [2.75, 3.05) is 13.6 Å². The number of likely N-dealkylation sites (N-methyl/N-ethyl adjacent to an activating group) is 1. The summed E-state index contributed by atoms with van der Waals surface area (Å²) in [6.07, 6.45) is 0.941. The van der Waals surface area contributed by atoms with E-state index in [9.17, 15) is 0 Å². The molecule has 0 aliphatic rings. The minimum atomic E-state index is 0.929. The van der Waals surface area contributed by atoms with Gasteiger partial charge in [-0.3, -0.25) is 0 Å². The van der Waals surface area contributed by atoms with Crippen LogP contribution >= 0.6 is 0 Å². The first-order valence-electron chi connectivity index (χ1n) is 6.26. The van der Waals surface area contributed by atoms with Gasteiger partial charge in [-0.15, -0.1) is 0 Å². The van der Waals surface area contributed by atoms with E-state index in [0.29, 0.717) is 0 Å². The highest BCUT2D eigenvalue weighted by Crippen LogP contribution is 2.32. The van der Waals surface area contributed by atoms with Crippen molar-refractivity contribution in [1.29, 1.82) is 0 Å². The second-order valence-electron chi connectivity index (χ2n) is 4.75. The lowest BCUT2D eigenvalue weighted by atomic mass is 10.0. The lowest BCUT2D eigenvalue weighted by Gasteiger charge is -2.03. The summed E-state index contributed by atoms with van der Waals surface area (Å²) in [4.78, 5) is 0. The first-order chi connectivity index (χ1) is 8.69. The lowest BCUT2D eigenvalue weighted by molar-refractivity contribution is 0.572. The number of nitrogens with one attached hydrogen (secondary N) is 1. The van der Waals surface area contributed by atoms with Crippen LogP contribution in [0.15, 0.2) is 27.0 Å². The summed E-state index contributed by atoms with van der Waals surface area (Å²) >= 11 is 0. The van der Waals surface area contributed by atoms with Gasteiger partial charge >= 0.3 is 0 Å². The van der Waals surface area contributed by atoms with Crippen LogP contribution in [-0.4, -0.2) is 13.6 Å². The molecule has 3 aromatic rings. The van der Waals surface area contributed by atoms with Crippen LogP contribution in [0.4, 0.5) is 0 Å². The van der Waals surface area contributed by atoms with Crippen LogP contribution in [0.2, 0.25) is 0 Å². The SMILES string of the molecule is CNCCc1c2cc(C)oc2cc2cc(C)oc12. The van der Waals surface area contributed by atoms with Gasteiger partial charge in [0.05, 0.1) is 0 Å². The molecule has 2 heterocycles. The van der Waals surface area contributed by atoms with Crippen LogP contribution in [0.25, 0.3) is 21.9 Å². The van der Waals surface area contributed by atoms with Gasteiger partial charge in [0.1, 0.15) is 22.7 Å². The van der Waals surface area contributed by atoms with Gasteiger partial charge in [0.2, 0.25) is 0 Å². The number of benzene rings is 1. The van der Waals surface area contributed by atoms with Crippen LogP contribution in [0, 0.1) is 13.8 Å². The molecule has 0 saturated heterocycles. The summed E-state index contributed by atoms with van der Waals surface area (Å²) in [6, 6.07) is 6.23. The smallest absolute Gasteiger partial charge is 0.138 e. The first kappa shape index (κ1) is 11.4. The fourth-order valence-corrected chi connectivity index (χ4v) is 2.51. The number of rotatable bonds is 3. The van der Waals surface area contributed by atoms with E-state index in [1.807, 2.05) is 20.9 Å². The third kappa shape index (κ3) is 1.71. The molecule has 0 fully saturated rings. The summed E-state index contributed by atoms with van der Waals surface area (Å²) < 4.78 is 11.6. The highest BCUT2D eigenvalue weighted by molar-refractivity contribution is 5.98. The summed E-state index contributed by atoms with van der Waals surface area (Å²) in [7, 11) is 1.96. The predicted molar refractivity (Wildman–Crippen MR) is 73.1 cm³/mol. The Morgan fingerprint density at radius 1 is 1.06 bits per heavy atom. The van der Waals surface area contributed by atoms with Gasteiger partial charge in [-0.2, -0.15) is 0 Å². The monoisotopic (exact) mass is 243 g/mol. The molecule has 18 heavy (non-hydrogen) atoms. The van der Waals surface area contributed by atoms with Crippen LogP contribution in [0.3, 0.4) is 0 Å². The fourth-order valence-electron chi connectivity index (χ4n) is 2.51. The van der Waals surface area contributed by atoms with E-state index < -0.39 is 0 Å². The second kappa shape index (κ2) is 4.18. The highest BCUT2D eigenvalue weighted by Gasteiger charge is 2.14. The topological polar surface area (TPSA) is 38.3 Å². The minimum absolute atomic E-state index is 0.929. The molecule has 2 aromatic heterocycles. The van der Waals surface area contributed by atoms with Crippen molar-refractivity contribution in [1.82, 2.24) is 5.32 Å². The molecule has 0 saturated carbocycles. The summed E-state index contributed by atoms with van der Waals surface area (Å²) in [5, 5.41) is 5.48. The number of hydrogen-bond acceptors (Lipinski definition) is 3. The van der Waals surface area contributed by atoms with E-state index in [1.165, 1.54) is 10.9 Å². The summed E-state index contributed by atoms with van der Waals surface area (Å²) in [6.45, 7) is 4.89. The summed E-state index contributed by atoms with van der Waals surface area (Å²) in [5.74, 6) is 1.89. The minimum Gasteiger partial charge on any atom is -0.461 e.